The van der Waals surface area contributed by atoms with E-state index in [1.54, 1.807) is 12.1 Å². The first-order chi connectivity index (χ1) is 15.3. The van der Waals surface area contributed by atoms with Gasteiger partial charge in [-0.1, -0.05) is 19.0 Å². The molecule has 32 heavy (non-hydrogen) atoms. The second-order valence-electron chi connectivity index (χ2n) is 8.97. The topological polar surface area (TPSA) is 98.4 Å². The number of aromatic nitrogens is 3. The van der Waals surface area contributed by atoms with Gasteiger partial charge in [-0.3, -0.25) is 4.98 Å². The van der Waals surface area contributed by atoms with Crippen molar-refractivity contribution in [3.8, 4) is 17.0 Å². The van der Waals surface area contributed by atoms with Gasteiger partial charge in [0.05, 0.1) is 17.2 Å². The molecule has 1 saturated heterocycles. The number of pyridine rings is 1. The molecule has 2 fully saturated rings. The molecule has 0 amide bonds. The van der Waals surface area contributed by atoms with Gasteiger partial charge in [0, 0.05) is 42.9 Å². The molecule has 0 radical (unpaired) electrons. The molecule has 9 heteroatoms. The monoisotopic (exact) mass is 454 g/mol. The second-order valence-corrected chi connectivity index (χ2v) is 11.0. The summed E-state index contributed by atoms with van der Waals surface area (Å²) in [6, 6.07) is 11.7. The molecule has 0 spiro atoms. The van der Waals surface area contributed by atoms with Crippen LogP contribution in [-0.2, 0) is 9.84 Å². The normalized spacial score (nSPS) is 22.2. The van der Waals surface area contributed by atoms with Crippen LogP contribution >= 0.6 is 0 Å². The van der Waals surface area contributed by atoms with E-state index in [4.69, 9.17) is 9.26 Å². The molecule has 0 bridgehead atoms. The quantitative estimate of drug-likeness (QED) is 0.536. The van der Waals surface area contributed by atoms with Gasteiger partial charge in [0.25, 0.3) is 0 Å². The third-order valence-electron chi connectivity index (χ3n) is 6.35. The van der Waals surface area contributed by atoms with Crippen LogP contribution in [0.5, 0.6) is 5.75 Å². The van der Waals surface area contributed by atoms with E-state index in [1.165, 1.54) is 12.5 Å². The van der Waals surface area contributed by atoms with E-state index in [1.807, 2.05) is 24.3 Å². The molecule has 1 aromatic carbocycles. The van der Waals surface area contributed by atoms with Crippen LogP contribution in [0.4, 0.5) is 6.01 Å². The Morgan fingerprint density at radius 2 is 1.84 bits per heavy atom. The lowest BCUT2D eigenvalue weighted by molar-refractivity contribution is 0.282. The molecule has 2 aliphatic rings. The number of fused-ring (bicyclic) bond motifs is 1. The Labute approximate surface area is 187 Å². The van der Waals surface area contributed by atoms with Crippen molar-refractivity contribution in [1.29, 1.82) is 0 Å². The van der Waals surface area contributed by atoms with Gasteiger partial charge in [-0.2, -0.15) is 4.98 Å². The first-order valence-electron chi connectivity index (χ1n) is 10.8. The second kappa shape index (κ2) is 7.88. The van der Waals surface area contributed by atoms with Crippen molar-refractivity contribution >= 4 is 15.9 Å². The molecule has 1 aliphatic heterocycles. The Balaban J connectivity index is 1.13. The minimum Gasteiger partial charge on any atom is -0.493 e. The summed E-state index contributed by atoms with van der Waals surface area (Å²) < 4.78 is 34.6. The molecule has 8 nitrogen and oxygen atoms in total. The predicted molar refractivity (Wildman–Crippen MR) is 119 cm³/mol. The number of rotatable bonds is 7. The molecule has 2 aromatic heterocycles. The van der Waals surface area contributed by atoms with E-state index in [0.717, 1.165) is 35.9 Å². The van der Waals surface area contributed by atoms with Gasteiger partial charge in [0.2, 0.25) is 0 Å². The fourth-order valence-corrected chi connectivity index (χ4v) is 4.89. The standard InChI is InChI=1S/C23H26N4O4S/c1-14(2)22-25-23(31-26-22)27-11-18-19(12-27)20(18)13-30-16-6-4-15(5-7-16)21-9-8-17(10-24-21)32(3,28)29/h4-10,14,18-20H,11-13H2,1-3H3. The zero-order valence-electron chi connectivity index (χ0n) is 18.3. The summed E-state index contributed by atoms with van der Waals surface area (Å²) in [6.45, 7) is 6.69. The summed E-state index contributed by atoms with van der Waals surface area (Å²) in [6.07, 6.45) is 2.57. The fraction of sp³-hybridized carbons (Fsp3) is 0.435. The molecule has 2 unspecified atom stereocenters. The van der Waals surface area contributed by atoms with Crippen LogP contribution in [0.25, 0.3) is 11.3 Å². The summed E-state index contributed by atoms with van der Waals surface area (Å²) in [7, 11) is -3.24. The highest BCUT2D eigenvalue weighted by Crippen LogP contribution is 2.52. The van der Waals surface area contributed by atoms with Gasteiger partial charge < -0.3 is 14.2 Å². The number of piperidine rings is 1. The van der Waals surface area contributed by atoms with Crippen molar-refractivity contribution in [3.05, 3.63) is 48.4 Å². The number of benzene rings is 1. The maximum absolute atomic E-state index is 11.6. The van der Waals surface area contributed by atoms with Crippen molar-refractivity contribution < 1.29 is 17.7 Å². The number of hydrogen-bond acceptors (Lipinski definition) is 8. The maximum Gasteiger partial charge on any atom is 0.324 e. The van der Waals surface area contributed by atoms with Crippen LogP contribution in [0.1, 0.15) is 25.6 Å². The molecule has 1 saturated carbocycles. The summed E-state index contributed by atoms with van der Waals surface area (Å²) in [5.41, 5.74) is 1.64. The highest BCUT2D eigenvalue weighted by molar-refractivity contribution is 7.90. The number of sulfone groups is 1. The minimum absolute atomic E-state index is 0.217. The minimum atomic E-state index is -3.24. The highest BCUT2D eigenvalue weighted by atomic mass is 32.2. The predicted octanol–water partition coefficient (Wildman–Crippen LogP) is 3.42. The first kappa shape index (κ1) is 20.9. The van der Waals surface area contributed by atoms with Crippen LogP contribution in [-0.4, -0.2) is 49.5 Å². The Bertz CT molecular complexity index is 1190. The number of nitrogens with zero attached hydrogens (tertiary/aromatic N) is 4. The number of ether oxygens (including phenoxy) is 1. The molecule has 3 aromatic rings. The first-order valence-corrected chi connectivity index (χ1v) is 12.7. The van der Waals surface area contributed by atoms with E-state index in [2.05, 4.69) is 33.9 Å². The summed E-state index contributed by atoms with van der Waals surface area (Å²) in [5.74, 6) is 3.62. The Morgan fingerprint density at radius 1 is 1.12 bits per heavy atom. The lowest BCUT2D eigenvalue weighted by Crippen LogP contribution is -2.25. The van der Waals surface area contributed by atoms with Gasteiger partial charge in [-0.15, -0.1) is 0 Å². The molecule has 1 aliphatic carbocycles. The van der Waals surface area contributed by atoms with Crippen LogP contribution < -0.4 is 9.64 Å². The Morgan fingerprint density at radius 3 is 2.41 bits per heavy atom. The zero-order chi connectivity index (χ0) is 22.5. The molecule has 168 valence electrons. The number of anilines is 1. The molecular weight excluding hydrogens is 428 g/mol. The number of hydrogen-bond donors (Lipinski definition) is 0. The SMILES string of the molecule is CC(C)c1noc(N2CC3C(COc4ccc(-c5ccc(S(C)(=O)=O)cn5)cc4)C3C2)n1. The van der Waals surface area contributed by atoms with Crippen molar-refractivity contribution in [3.63, 3.8) is 0 Å². The van der Waals surface area contributed by atoms with Gasteiger partial charge in [-0.25, -0.2) is 8.42 Å². The Hall–Kier alpha value is -2.94. The molecule has 2 atom stereocenters. The van der Waals surface area contributed by atoms with Gasteiger partial charge in [0.1, 0.15) is 5.75 Å². The average molecular weight is 455 g/mol. The van der Waals surface area contributed by atoms with Crippen molar-refractivity contribution in [2.24, 2.45) is 17.8 Å². The lowest BCUT2D eigenvalue weighted by atomic mass is 10.1. The summed E-state index contributed by atoms with van der Waals surface area (Å²) >= 11 is 0. The smallest absolute Gasteiger partial charge is 0.324 e. The van der Waals surface area contributed by atoms with E-state index in [-0.39, 0.29) is 10.8 Å². The fourth-order valence-electron chi connectivity index (χ4n) is 4.33. The van der Waals surface area contributed by atoms with Crippen molar-refractivity contribution in [2.75, 3.05) is 30.9 Å². The largest absolute Gasteiger partial charge is 0.493 e. The molecular formula is C23H26N4O4S. The highest BCUT2D eigenvalue weighted by Gasteiger charge is 2.56. The van der Waals surface area contributed by atoms with Crippen LogP contribution in [0, 0.1) is 17.8 Å². The summed E-state index contributed by atoms with van der Waals surface area (Å²) in [4.78, 5) is 11.2. The summed E-state index contributed by atoms with van der Waals surface area (Å²) in [5, 5.41) is 4.06. The zero-order valence-corrected chi connectivity index (χ0v) is 19.1. The molecule has 5 rings (SSSR count). The van der Waals surface area contributed by atoms with Gasteiger partial charge >= 0.3 is 6.01 Å². The van der Waals surface area contributed by atoms with E-state index in [9.17, 15) is 8.42 Å². The van der Waals surface area contributed by atoms with Gasteiger partial charge in [-0.05, 0) is 48.2 Å². The van der Waals surface area contributed by atoms with E-state index >= 15 is 0 Å². The average Bonchev–Trinajstić information content (AvgIpc) is 3.16. The van der Waals surface area contributed by atoms with E-state index in [0.29, 0.717) is 30.4 Å². The van der Waals surface area contributed by atoms with Crippen LogP contribution in [0.3, 0.4) is 0 Å². The van der Waals surface area contributed by atoms with Crippen molar-refractivity contribution in [1.82, 2.24) is 15.1 Å². The van der Waals surface area contributed by atoms with Crippen LogP contribution in [0.15, 0.2) is 52.0 Å². The Kier molecular flexibility index (Phi) is 5.16. The molecule has 3 heterocycles. The van der Waals surface area contributed by atoms with E-state index < -0.39 is 9.84 Å². The maximum atomic E-state index is 11.6. The lowest BCUT2D eigenvalue weighted by Gasteiger charge is -2.17. The molecule has 0 N–H and O–H groups in total. The van der Waals surface area contributed by atoms with Gasteiger partial charge in [0.15, 0.2) is 15.7 Å². The third-order valence-corrected chi connectivity index (χ3v) is 7.44. The van der Waals surface area contributed by atoms with Crippen LogP contribution in [0.2, 0.25) is 0 Å². The van der Waals surface area contributed by atoms with Crippen molar-refractivity contribution in [2.45, 2.75) is 24.7 Å². The third kappa shape index (κ3) is 4.09.